The molecule has 0 spiro atoms. The van der Waals surface area contributed by atoms with Gasteiger partial charge in [0.1, 0.15) is 5.76 Å². The van der Waals surface area contributed by atoms with E-state index < -0.39 is 0 Å². The van der Waals surface area contributed by atoms with Gasteiger partial charge in [-0.1, -0.05) is 11.2 Å². The Morgan fingerprint density at radius 2 is 2.08 bits per heavy atom. The van der Waals surface area contributed by atoms with E-state index in [4.69, 9.17) is 4.52 Å². The van der Waals surface area contributed by atoms with Crippen LogP contribution in [-0.2, 0) is 4.79 Å². The standard InChI is InChI=1S/C16H20N4O3S/c1-11-10-14(18-23-11)17-15(21)12(2)19-5-7-20(8-6-19)16(22)13-4-3-9-24-13/h3-4,9-10,12H,5-8H2,1-2H3,(H,17,18,21). The van der Waals surface area contributed by atoms with Gasteiger partial charge in [-0.05, 0) is 25.3 Å². The number of carbonyl (C=O) groups excluding carboxylic acids is 2. The summed E-state index contributed by atoms with van der Waals surface area (Å²) in [6, 6.07) is 5.12. The molecule has 1 atom stereocenters. The van der Waals surface area contributed by atoms with Gasteiger partial charge in [0.25, 0.3) is 5.91 Å². The summed E-state index contributed by atoms with van der Waals surface area (Å²) in [6.07, 6.45) is 0. The molecule has 1 N–H and O–H groups in total. The summed E-state index contributed by atoms with van der Waals surface area (Å²) >= 11 is 1.46. The van der Waals surface area contributed by atoms with Crippen molar-refractivity contribution in [3.63, 3.8) is 0 Å². The van der Waals surface area contributed by atoms with E-state index in [2.05, 4.69) is 15.4 Å². The molecule has 3 rings (SSSR count). The quantitative estimate of drug-likeness (QED) is 0.912. The van der Waals surface area contributed by atoms with E-state index in [1.54, 1.807) is 13.0 Å². The zero-order chi connectivity index (χ0) is 17.1. The number of hydrogen-bond donors (Lipinski definition) is 1. The number of piperazine rings is 1. The minimum absolute atomic E-state index is 0.0693. The number of amides is 2. The highest BCUT2D eigenvalue weighted by atomic mass is 32.1. The molecule has 1 aliphatic heterocycles. The van der Waals surface area contributed by atoms with Crippen LogP contribution in [0.4, 0.5) is 5.82 Å². The molecule has 0 aliphatic carbocycles. The van der Waals surface area contributed by atoms with Crippen molar-refractivity contribution in [2.45, 2.75) is 19.9 Å². The lowest BCUT2D eigenvalue weighted by Gasteiger charge is -2.37. The van der Waals surface area contributed by atoms with Gasteiger partial charge in [0, 0.05) is 32.2 Å². The lowest BCUT2D eigenvalue weighted by atomic mass is 10.2. The number of nitrogens with one attached hydrogen (secondary N) is 1. The topological polar surface area (TPSA) is 78.7 Å². The predicted octanol–water partition coefficient (Wildman–Crippen LogP) is 1.83. The monoisotopic (exact) mass is 348 g/mol. The molecule has 0 bridgehead atoms. The zero-order valence-electron chi connectivity index (χ0n) is 13.7. The van der Waals surface area contributed by atoms with Crippen molar-refractivity contribution >= 4 is 29.0 Å². The molecule has 1 unspecified atom stereocenters. The van der Waals surface area contributed by atoms with Crippen LogP contribution in [0.3, 0.4) is 0 Å². The van der Waals surface area contributed by atoms with E-state index in [1.807, 2.05) is 29.3 Å². The third-order valence-corrected chi connectivity index (χ3v) is 5.00. The van der Waals surface area contributed by atoms with Crippen molar-refractivity contribution in [3.8, 4) is 0 Å². The third kappa shape index (κ3) is 3.65. The van der Waals surface area contributed by atoms with E-state index in [0.717, 1.165) is 4.88 Å². The molecule has 8 heteroatoms. The minimum Gasteiger partial charge on any atom is -0.360 e. The second-order valence-corrected chi connectivity index (χ2v) is 6.74. The molecule has 0 saturated carbocycles. The summed E-state index contributed by atoms with van der Waals surface area (Å²) in [5.41, 5.74) is 0. The van der Waals surface area contributed by atoms with Gasteiger partial charge in [-0.3, -0.25) is 14.5 Å². The van der Waals surface area contributed by atoms with Gasteiger partial charge < -0.3 is 14.7 Å². The first-order valence-electron chi connectivity index (χ1n) is 7.85. The maximum absolute atomic E-state index is 12.3. The van der Waals surface area contributed by atoms with Gasteiger partial charge in [0.2, 0.25) is 5.91 Å². The van der Waals surface area contributed by atoms with Gasteiger partial charge >= 0.3 is 0 Å². The molecule has 0 radical (unpaired) electrons. The van der Waals surface area contributed by atoms with Gasteiger partial charge in [0.05, 0.1) is 10.9 Å². The number of hydrogen-bond acceptors (Lipinski definition) is 6. The fourth-order valence-electron chi connectivity index (χ4n) is 2.69. The zero-order valence-corrected chi connectivity index (χ0v) is 14.5. The Hall–Kier alpha value is -2.19. The number of rotatable bonds is 4. The van der Waals surface area contributed by atoms with Crippen LogP contribution in [-0.4, -0.2) is 59.0 Å². The molecule has 7 nitrogen and oxygen atoms in total. The molecule has 1 saturated heterocycles. The fraction of sp³-hybridized carbons (Fsp3) is 0.438. The fourth-order valence-corrected chi connectivity index (χ4v) is 3.38. The molecular weight excluding hydrogens is 328 g/mol. The first-order valence-corrected chi connectivity index (χ1v) is 8.73. The van der Waals surface area contributed by atoms with Gasteiger partial charge in [0.15, 0.2) is 5.82 Å². The SMILES string of the molecule is Cc1cc(NC(=O)C(C)N2CCN(C(=O)c3cccs3)CC2)no1. The first kappa shape index (κ1) is 16.7. The van der Waals surface area contributed by atoms with Crippen molar-refractivity contribution in [2.75, 3.05) is 31.5 Å². The highest BCUT2D eigenvalue weighted by Gasteiger charge is 2.28. The van der Waals surface area contributed by atoms with Crippen molar-refractivity contribution in [2.24, 2.45) is 0 Å². The Labute approximate surface area is 144 Å². The van der Waals surface area contributed by atoms with Crippen LogP contribution in [0.1, 0.15) is 22.4 Å². The Kier molecular flexibility index (Phi) is 4.96. The lowest BCUT2D eigenvalue weighted by molar-refractivity contribution is -0.121. The lowest BCUT2D eigenvalue weighted by Crippen LogP contribution is -2.54. The largest absolute Gasteiger partial charge is 0.360 e. The number of thiophene rings is 1. The molecule has 1 aliphatic rings. The molecule has 2 amide bonds. The second kappa shape index (κ2) is 7.14. The molecule has 2 aromatic heterocycles. The van der Waals surface area contributed by atoms with Crippen LogP contribution < -0.4 is 5.32 Å². The van der Waals surface area contributed by atoms with Gasteiger partial charge in [-0.2, -0.15) is 0 Å². The molecule has 0 aromatic carbocycles. The summed E-state index contributed by atoms with van der Waals surface area (Å²) in [6.45, 7) is 6.22. The van der Waals surface area contributed by atoms with E-state index in [1.165, 1.54) is 11.3 Å². The summed E-state index contributed by atoms with van der Waals surface area (Å²) in [5.74, 6) is 1.02. The van der Waals surface area contributed by atoms with Gasteiger partial charge in [-0.25, -0.2) is 0 Å². The maximum atomic E-state index is 12.3. The molecule has 128 valence electrons. The molecule has 24 heavy (non-hydrogen) atoms. The average Bonchev–Trinajstić information content (AvgIpc) is 3.25. The maximum Gasteiger partial charge on any atom is 0.264 e. The minimum atomic E-state index is -0.291. The van der Waals surface area contributed by atoms with Crippen molar-refractivity contribution in [1.82, 2.24) is 15.0 Å². The molecule has 3 heterocycles. The van der Waals surface area contributed by atoms with Crippen LogP contribution in [0.2, 0.25) is 0 Å². The first-order chi connectivity index (χ1) is 11.5. The van der Waals surface area contributed by atoms with Crippen LogP contribution in [0.15, 0.2) is 28.1 Å². The summed E-state index contributed by atoms with van der Waals surface area (Å²) in [5, 5.41) is 8.43. The Morgan fingerprint density at radius 1 is 1.33 bits per heavy atom. The van der Waals surface area contributed by atoms with E-state index in [9.17, 15) is 9.59 Å². The summed E-state index contributed by atoms with van der Waals surface area (Å²) in [4.78, 5) is 29.3. The number of aryl methyl sites for hydroxylation is 1. The van der Waals surface area contributed by atoms with Crippen LogP contribution in [0, 0.1) is 6.92 Å². The highest BCUT2D eigenvalue weighted by Crippen LogP contribution is 2.15. The Bertz CT molecular complexity index is 705. The van der Waals surface area contributed by atoms with Crippen molar-refractivity contribution in [3.05, 3.63) is 34.2 Å². The molecule has 1 fully saturated rings. The summed E-state index contributed by atoms with van der Waals surface area (Å²) in [7, 11) is 0. The second-order valence-electron chi connectivity index (χ2n) is 5.79. The van der Waals surface area contributed by atoms with Crippen LogP contribution in [0.25, 0.3) is 0 Å². The van der Waals surface area contributed by atoms with E-state index in [-0.39, 0.29) is 17.9 Å². The third-order valence-electron chi connectivity index (χ3n) is 4.14. The van der Waals surface area contributed by atoms with Crippen LogP contribution >= 0.6 is 11.3 Å². The number of anilines is 1. The summed E-state index contributed by atoms with van der Waals surface area (Å²) < 4.78 is 4.94. The average molecular weight is 348 g/mol. The highest BCUT2D eigenvalue weighted by molar-refractivity contribution is 7.12. The van der Waals surface area contributed by atoms with Crippen molar-refractivity contribution < 1.29 is 14.1 Å². The number of nitrogens with zero attached hydrogens (tertiary/aromatic N) is 3. The Morgan fingerprint density at radius 3 is 2.67 bits per heavy atom. The Balaban J connectivity index is 1.52. The smallest absolute Gasteiger partial charge is 0.264 e. The van der Waals surface area contributed by atoms with Crippen molar-refractivity contribution in [1.29, 1.82) is 0 Å². The van der Waals surface area contributed by atoms with Gasteiger partial charge in [-0.15, -0.1) is 11.3 Å². The molecule has 2 aromatic rings. The van der Waals surface area contributed by atoms with E-state index in [0.29, 0.717) is 37.8 Å². The number of aromatic nitrogens is 1. The normalized spacial score (nSPS) is 16.8. The predicted molar refractivity (Wildman–Crippen MR) is 91.1 cm³/mol. The molecular formula is C16H20N4O3S. The van der Waals surface area contributed by atoms with E-state index >= 15 is 0 Å². The number of carbonyl (C=O) groups is 2. The van der Waals surface area contributed by atoms with Crippen LogP contribution in [0.5, 0.6) is 0 Å².